The molecule has 110 valence electrons. The number of aromatic nitrogens is 2. The monoisotopic (exact) mass is 319 g/mol. The van der Waals surface area contributed by atoms with E-state index >= 15 is 0 Å². The molecule has 0 amide bonds. The van der Waals surface area contributed by atoms with E-state index in [-0.39, 0.29) is 11.7 Å². The van der Waals surface area contributed by atoms with Crippen LogP contribution in [0.1, 0.15) is 12.2 Å². The van der Waals surface area contributed by atoms with Crippen LogP contribution in [0.3, 0.4) is 0 Å². The van der Waals surface area contributed by atoms with Gasteiger partial charge in [0.15, 0.2) is 0 Å². The number of halogens is 2. The van der Waals surface area contributed by atoms with Crippen LogP contribution in [0.25, 0.3) is 11.0 Å². The largest absolute Gasteiger partial charge is 0.327 e. The van der Waals surface area contributed by atoms with E-state index in [2.05, 4.69) is 9.71 Å². The lowest BCUT2D eigenvalue weighted by Crippen LogP contribution is -2.24. The molecule has 0 radical (unpaired) electrons. The fraction of sp³-hybridized carbons (Fsp3) is 0.417. The number of rotatable bonds is 6. The second-order valence-electron chi connectivity index (χ2n) is 4.47. The van der Waals surface area contributed by atoms with Crippen LogP contribution in [0, 0.1) is 5.82 Å². The molecule has 1 aromatic carbocycles. The number of fused-ring (bicyclic) bond motifs is 1. The van der Waals surface area contributed by atoms with Crippen molar-refractivity contribution < 1.29 is 12.8 Å². The van der Waals surface area contributed by atoms with Gasteiger partial charge in [-0.05, 0) is 24.6 Å². The SMILES string of the molecule is CS(=O)(=O)NCCCn1c(CCl)nc2ccc(F)cc21. The van der Waals surface area contributed by atoms with Crippen molar-refractivity contribution in [2.45, 2.75) is 18.8 Å². The Morgan fingerprint density at radius 2 is 2.20 bits per heavy atom. The second kappa shape index (κ2) is 6.07. The quantitative estimate of drug-likeness (QED) is 0.653. The highest BCUT2D eigenvalue weighted by molar-refractivity contribution is 7.88. The minimum atomic E-state index is -3.19. The Bertz CT molecular complexity index is 715. The van der Waals surface area contributed by atoms with E-state index in [1.165, 1.54) is 12.1 Å². The molecule has 2 aromatic rings. The summed E-state index contributed by atoms with van der Waals surface area (Å²) in [5.74, 6) is 0.524. The second-order valence-corrected chi connectivity index (χ2v) is 6.57. The maximum absolute atomic E-state index is 13.3. The third-order valence-corrected chi connectivity index (χ3v) is 3.80. The number of benzene rings is 1. The summed E-state index contributed by atoms with van der Waals surface area (Å²) in [6, 6.07) is 4.36. The summed E-state index contributed by atoms with van der Waals surface area (Å²) in [7, 11) is -3.19. The highest BCUT2D eigenvalue weighted by Crippen LogP contribution is 2.19. The van der Waals surface area contributed by atoms with E-state index < -0.39 is 10.0 Å². The summed E-state index contributed by atoms with van der Waals surface area (Å²) < 4.78 is 39.5. The lowest BCUT2D eigenvalue weighted by atomic mass is 10.3. The Balaban J connectivity index is 2.17. The molecule has 2 rings (SSSR count). The number of alkyl halides is 1. The first-order chi connectivity index (χ1) is 9.40. The molecule has 1 N–H and O–H groups in total. The number of nitrogens with one attached hydrogen (secondary N) is 1. The molecular weight excluding hydrogens is 305 g/mol. The van der Waals surface area contributed by atoms with Gasteiger partial charge in [0.05, 0.1) is 23.2 Å². The molecule has 0 aliphatic heterocycles. The maximum Gasteiger partial charge on any atom is 0.208 e. The van der Waals surface area contributed by atoms with E-state index in [0.717, 1.165) is 6.26 Å². The number of imidazole rings is 1. The Kier molecular flexibility index (Phi) is 4.62. The van der Waals surface area contributed by atoms with Crippen LogP contribution in [0.15, 0.2) is 18.2 Å². The maximum atomic E-state index is 13.3. The fourth-order valence-corrected chi connectivity index (χ4v) is 2.71. The molecule has 0 fully saturated rings. The molecule has 0 aliphatic carbocycles. The Morgan fingerprint density at radius 1 is 1.45 bits per heavy atom. The Hall–Kier alpha value is -1.18. The first-order valence-electron chi connectivity index (χ1n) is 6.06. The van der Waals surface area contributed by atoms with Gasteiger partial charge in [-0.25, -0.2) is 22.5 Å². The fourth-order valence-electron chi connectivity index (χ4n) is 1.99. The molecule has 0 saturated heterocycles. The summed E-state index contributed by atoms with van der Waals surface area (Å²) in [5, 5.41) is 0. The third-order valence-electron chi connectivity index (χ3n) is 2.83. The number of nitrogens with zero attached hydrogens (tertiary/aromatic N) is 2. The van der Waals surface area contributed by atoms with Crippen molar-refractivity contribution in [3.05, 3.63) is 29.8 Å². The van der Waals surface area contributed by atoms with Gasteiger partial charge in [0.2, 0.25) is 10.0 Å². The van der Waals surface area contributed by atoms with Gasteiger partial charge in [0.1, 0.15) is 11.6 Å². The normalized spacial score (nSPS) is 12.2. The zero-order valence-electron chi connectivity index (χ0n) is 10.9. The number of hydrogen-bond donors (Lipinski definition) is 1. The van der Waals surface area contributed by atoms with Crippen LogP contribution in [0.5, 0.6) is 0 Å². The van der Waals surface area contributed by atoms with E-state index in [4.69, 9.17) is 11.6 Å². The summed E-state index contributed by atoms with van der Waals surface area (Å²) in [4.78, 5) is 4.33. The molecule has 0 aliphatic rings. The van der Waals surface area contributed by atoms with Crippen molar-refractivity contribution in [3.63, 3.8) is 0 Å². The number of aryl methyl sites for hydroxylation is 1. The highest BCUT2D eigenvalue weighted by atomic mass is 35.5. The van der Waals surface area contributed by atoms with E-state index in [1.54, 1.807) is 6.07 Å². The van der Waals surface area contributed by atoms with Gasteiger partial charge in [0.25, 0.3) is 0 Å². The van der Waals surface area contributed by atoms with Crippen LogP contribution < -0.4 is 4.72 Å². The van der Waals surface area contributed by atoms with Crippen molar-refractivity contribution in [2.75, 3.05) is 12.8 Å². The molecule has 1 heterocycles. The average molecular weight is 320 g/mol. The summed E-state index contributed by atoms with van der Waals surface area (Å²) in [6.45, 7) is 0.833. The molecule has 20 heavy (non-hydrogen) atoms. The first-order valence-corrected chi connectivity index (χ1v) is 8.48. The molecular formula is C12H15ClFN3O2S. The van der Waals surface area contributed by atoms with Crippen molar-refractivity contribution >= 4 is 32.7 Å². The van der Waals surface area contributed by atoms with Crippen molar-refractivity contribution in [1.82, 2.24) is 14.3 Å². The summed E-state index contributed by atoms with van der Waals surface area (Å²) >= 11 is 5.84. The molecule has 5 nitrogen and oxygen atoms in total. The smallest absolute Gasteiger partial charge is 0.208 e. The van der Waals surface area contributed by atoms with E-state index in [9.17, 15) is 12.8 Å². The summed E-state index contributed by atoms with van der Waals surface area (Å²) in [6.07, 6.45) is 1.68. The van der Waals surface area contributed by atoms with E-state index in [1.807, 2.05) is 4.57 Å². The molecule has 1 aromatic heterocycles. The van der Waals surface area contributed by atoms with Crippen molar-refractivity contribution in [3.8, 4) is 0 Å². The van der Waals surface area contributed by atoms with Gasteiger partial charge in [-0.1, -0.05) is 0 Å². The van der Waals surface area contributed by atoms with Crippen LogP contribution in [-0.2, 0) is 22.4 Å². The van der Waals surface area contributed by atoms with Crippen molar-refractivity contribution in [2.24, 2.45) is 0 Å². The topological polar surface area (TPSA) is 64.0 Å². The molecule has 0 spiro atoms. The molecule has 8 heteroatoms. The van der Waals surface area contributed by atoms with E-state index in [0.29, 0.717) is 36.4 Å². The van der Waals surface area contributed by atoms with Gasteiger partial charge >= 0.3 is 0 Å². The predicted molar refractivity (Wildman–Crippen MR) is 76.7 cm³/mol. The van der Waals surface area contributed by atoms with Gasteiger partial charge in [0, 0.05) is 13.1 Å². The van der Waals surface area contributed by atoms with Crippen LogP contribution in [0.4, 0.5) is 4.39 Å². The zero-order valence-corrected chi connectivity index (χ0v) is 12.5. The zero-order chi connectivity index (χ0) is 14.8. The average Bonchev–Trinajstić information content (AvgIpc) is 2.71. The number of hydrogen-bond acceptors (Lipinski definition) is 3. The Morgan fingerprint density at radius 3 is 2.85 bits per heavy atom. The molecule has 0 saturated carbocycles. The van der Waals surface area contributed by atoms with Gasteiger partial charge in [-0.3, -0.25) is 0 Å². The lowest BCUT2D eigenvalue weighted by Gasteiger charge is -2.08. The van der Waals surface area contributed by atoms with Crippen LogP contribution in [-0.4, -0.2) is 30.8 Å². The summed E-state index contributed by atoms with van der Waals surface area (Å²) in [5.41, 5.74) is 1.35. The molecule has 0 bridgehead atoms. The Labute approximate surface area is 121 Å². The number of sulfonamides is 1. The van der Waals surface area contributed by atoms with Gasteiger partial charge in [-0.2, -0.15) is 0 Å². The van der Waals surface area contributed by atoms with Gasteiger partial charge < -0.3 is 4.57 Å². The molecule has 0 atom stereocenters. The minimum Gasteiger partial charge on any atom is -0.327 e. The van der Waals surface area contributed by atoms with Crippen molar-refractivity contribution in [1.29, 1.82) is 0 Å². The molecule has 0 unspecified atom stereocenters. The lowest BCUT2D eigenvalue weighted by molar-refractivity contribution is 0.575. The minimum absolute atomic E-state index is 0.218. The third kappa shape index (κ3) is 3.68. The van der Waals surface area contributed by atoms with Crippen LogP contribution in [0.2, 0.25) is 0 Å². The predicted octanol–water partition coefficient (Wildman–Crippen LogP) is 1.85. The highest BCUT2D eigenvalue weighted by Gasteiger charge is 2.10. The van der Waals surface area contributed by atoms with Gasteiger partial charge in [-0.15, -0.1) is 11.6 Å². The first kappa shape index (κ1) is 15.2. The van der Waals surface area contributed by atoms with Crippen LogP contribution >= 0.6 is 11.6 Å². The standard InChI is InChI=1S/C12H15ClFN3O2S/c1-20(18,19)15-5-2-6-17-11-7-9(14)3-4-10(11)16-12(17)8-13/h3-4,7,15H,2,5-6,8H2,1H3.